The molecule has 0 aliphatic carbocycles. The molecular weight excluding hydrogens is 186 g/mol. The van der Waals surface area contributed by atoms with Gasteiger partial charge in [-0.2, -0.15) is 0 Å². The van der Waals surface area contributed by atoms with Gasteiger partial charge < -0.3 is 10.5 Å². The van der Waals surface area contributed by atoms with Gasteiger partial charge >= 0.3 is 0 Å². The smallest absolute Gasteiger partial charge is 0.0865 e. The Bertz CT molecular complexity index is 307. The van der Waals surface area contributed by atoms with Gasteiger partial charge in [0.15, 0.2) is 0 Å². The highest BCUT2D eigenvalue weighted by Crippen LogP contribution is 2.32. The lowest BCUT2D eigenvalue weighted by atomic mass is 9.89. The highest BCUT2D eigenvalue weighted by molar-refractivity contribution is 5.24. The Kier molecular flexibility index (Phi) is 3.39. The van der Waals surface area contributed by atoms with Gasteiger partial charge in [-0.25, -0.2) is 0 Å². The SMILES string of the molecule is Cc1ccc([C@H]2OCCC[C@H]2CN)cc1. The van der Waals surface area contributed by atoms with E-state index in [0.717, 1.165) is 19.6 Å². The fraction of sp³-hybridized carbons (Fsp3) is 0.538. The van der Waals surface area contributed by atoms with E-state index in [1.807, 2.05) is 0 Å². The van der Waals surface area contributed by atoms with Crippen molar-refractivity contribution < 1.29 is 4.74 Å². The fourth-order valence-electron chi connectivity index (χ4n) is 2.21. The number of hydrogen-bond donors (Lipinski definition) is 1. The molecule has 1 aliphatic rings. The molecule has 0 saturated carbocycles. The lowest BCUT2D eigenvalue weighted by Crippen LogP contribution is -2.28. The van der Waals surface area contributed by atoms with E-state index in [4.69, 9.17) is 10.5 Å². The molecule has 0 bridgehead atoms. The molecule has 1 aromatic carbocycles. The molecule has 0 aromatic heterocycles. The van der Waals surface area contributed by atoms with Crippen LogP contribution in [0.1, 0.15) is 30.1 Å². The summed E-state index contributed by atoms with van der Waals surface area (Å²) in [5, 5.41) is 0. The van der Waals surface area contributed by atoms with Crippen molar-refractivity contribution in [2.75, 3.05) is 13.2 Å². The van der Waals surface area contributed by atoms with Crippen molar-refractivity contribution in [2.45, 2.75) is 25.9 Å². The number of ether oxygens (including phenoxy) is 1. The molecule has 0 spiro atoms. The first-order valence-corrected chi connectivity index (χ1v) is 5.69. The average molecular weight is 205 g/mol. The summed E-state index contributed by atoms with van der Waals surface area (Å²) in [5.41, 5.74) is 8.35. The molecule has 2 N–H and O–H groups in total. The Morgan fingerprint density at radius 2 is 2.07 bits per heavy atom. The number of rotatable bonds is 2. The Hall–Kier alpha value is -0.860. The van der Waals surface area contributed by atoms with E-state index >= 15 is 0 Å². The monoisotopic (exact) mass is 205 g/mol. The predicted octanol–water partition coefficient (Wildman–Crippen LogP) is 2.42. The van der Waals surface area contributed by atoms with Crippen molar-refractivity contribution in [2.24, 2.45) is 11.7 Å². The minimum Gasteiger partial charge on any atom is -0.373 e. The van der Waals surface area contributed by atoms with E-state index < -0.39 is 0 Å². The Balaban J connectivity index is 2.16. The van der Waals surface area contributed by atoms with E-state index in [2.05, 4.69) is 31.2 Å². The van der Waals surface area contributed by atoms with Crippen LogP contribution in [0, 0.1) is 12.8 Å². The van der Waals surface area contributed by atoms with Crippen molar-refractivity contribution in [1.29, 1.82) is 0 Å². The maximum Gasteiger partial charge on any atom is 0.0865 e. The Morgan fingerprint density at radius 3 is 2.73 bits per heavy atom. The minimum absolute atomic E-state index is 0.212. The lowest BCUT2D eigenvalue weighted by molar-refractivity contribution is -0.0251. The first-order valence-electron chi connectivity index (χ1n) is 5.69. The van der Waals surface area contributed by atoms with Crippen molar-refractivity contribution in [3.05, 3.63) is 35.4 Å². The van der Waals surface area contributed by atoms with Gasteiger partial charge in [0.1, 0.15) is 0 Å². The van der Waals surface area contributed by atoms with Gasteiger partial charge in [-0.1, -0.05) is 29.8 Å². The van der Waals surface area contributed by atoms with Crippen LogP contribution in [0.2, 0.25) is 0 Å². The fourth-order valence-corrected chi connectivity index (χ4v) is 2.21. The zero-order chi connectivity index (χ0) is 10.7. The van der Waals surface area contributed by atoms with Gasteiger partial charge in [0.05, 0.1) is 6.10 Å². The molecule has 0 amide bonds. The van der Waals surface area contributed by atoms with Crippen LogP contribution >= 0.6 is 0 Å². The summed E-state index contributed by atoms with van der Waals surface area (Å²) in [7, 11) is 0. The molecule has 0 unspecified atom stereocenters. The van der Waals surface area contributed by atoms with E-state index in [0.29, 0.717) is 5.92 Å². The average Bonchev–Trinajstić information content (AvgIpc) is 2.30. The standard InChI is InChI=1S/C13H19NO/c1-10-4-6-11(7-5-10)13-12(9-14)3-2-8-15-13/h4-7,12-13H,2-3,8-9,14H2,1H3/t12-,13+/m0/s1. The molecule has 1 heterocycles. The molecule has 1 saturated heterocycles. The first kappa shape index (κ1) is 10.7. The van der Waals surface area contributed by atoms with Crippen molar-refractivity contribution in [3.8, 4) is 0 Å². The topological polar surface area (TPSA) is 35.2 Å². The highest BCUT2D eigenvalue weighted by atomic mass is 16.5. The highest BCUT2D eigenvalue weighted by Gasteiger charge is 2.25. The van der Waals surface area contributed by atoms with Gasteiger partial charge in [-0.3, -0.25) is 0 Å². The third-order valence-electron chi connectivity index (χ3n) is 3.15. The van der Waals surface area contributed by atoms with Crippen molar-refractivity contribution in [3.63, 3.8) is 0 Å². The number of benzene rings is 1. The second-order valence-corrected chi connectivity index (χ2v) is 4.34. The quantitative estimate of drug-likeness (QED) is 0.804. The largest absolute Gasteiger partial charge is 0.373 e. The molecular formula is C13H19NO. The molecule has 0 radical (unpaired) electrons. The van der Waals surface area contributed by atoms with Crippen LogP contribution in [-0.4, -0.2) is 13.2 Å². The van der Waals surface area contributed by atoms with Crippen molar-refractivity contribution >= 4 is 0 Å². The third-order valence-corrected chi connectivity index (χ3v) is 3.15. The van der Waals surface area contributed by atoms with Gasteiger partial charge in [0, 0.05) is 12.5 Å². The van der Waals surface area contributed by atoms with Crippen LogP contribution in [0.5, 0.6) is 0 Å². The van der Waals surface area contributed by atoms with Gasteiger partial charge in [-0.05, 0) is 31.9 Å². The summed E-state index contributed by atoms with van der Waals surface area (Å²) >= 11 is 0. The van der Waals surface area contributed by atoms with Gasteiger partial charge in [-0.15, -0.1) is 0 Å². The van der Waals surface area contributed by atoms with Crippen LogP contribution in [-0.2, 0) is 4.74 Å². The number of aryl methyl sites for hydroxylation is 1. The summed E-state index contributed by atoms with van der Waals surface area (Å²) in [6, 6.07) is 8.60. The Labute approximate surface area is 91.4 Å². The summed E-state index contributed by atoms with van der Waals surface area (Å²) in [6.45, 7) is 3.69. The van der Waals surface area contributed by atoms with Crippen LogP contribution in [0.4, 0.5) is 0 Å². The van der Waals surface area contributed by atoms with Crippen LogP contribution in [0.25, 0.3) is 0 Å². The molecule has 1 fully saturated rings. The molecule has 2 rings (SSSR count). The van der Waals surface area contributed by atoms with Crippen LogP contribution < -0.4 is 5.73 Å². The molecule has 15 heavy (non-hydrogen) atoms. The number of nitrogens with two attached hydrogens (primary N) is 1. The molecule has 2 heteroatoms. The van der Waals surface area contributed by atoms with Gasteiger partial charge in [0.25, 0.3) is 0 Å². The second-order valence-electron chi connectivity index (χ2n) is 4.34. The number of hydrogen-bond acceptors (Lipinski definition) is 2. The van der Waals surface area contributed by atoms with Crippen LogP contribution in [0.15, 0.2) is 24.3 Å². The van der Waals surface area contributed by atoms with Crippen LogP contribution in [0.3, 0.4) is 0 Å². The van der Waals surface area contributed by atoms with E-state index in [1.54, 1.807) is 0 Å². The maximum atomic E-state index is 5.83. The first-order chi connectivity index (χ1) is 7.31. The maximum absolute atomic E-state index is 5.83. The minimum atomic E-state index is 0.212. The summed E-state index contributed by atoms with van der Waals surface area (Å²) in [5.74, 6) is 0.487. The van der Waals surface area contributed by atoms with E-state index in [-0.39, 0.29) is 6.10 Å². The zero-order valence-electron chi connectivity index (χ0n) is 9.28. The van der Waals surface area contributed by atoms with E-state index in [9.17, 15) is 0 Å². The van der Waals surface area contributed by atoms with Crippen molar-refractivity contribution in [1.82, 2.24) is 0 Å². The molecule has 82 valence electrons. The summed E-state index contributed by atoms with van der Waals surface area (Å²) < 4.78 is 5.83. The van der Waals surface area contributed by atoms with E-state index in [1.165, 1.54) is 17.5 Å². The summed E-state index contributed by atoms with van der Waals surface area (Å²) in [6.07, 6.45) is 2.54. The predicted molar refractivity (Wildman–Crippen MR) is 61.7 cm³/mol. The summed E-state index contributed by atoms with van der Waals surface area (Å²) in [4.78, 5) is 0. The normalized spacial score (nSPS) is 26.5. The molecule has 2 nitrogen and oxygen atoms in total. The van der Waals surface area contributed by atoms with Gasteiger partial charge in [0.2, 0.25) is 0 Å². The molecule has 2 atom stereocenters. The molecule has 1 aliphatic heterocycles. The third kappa shape index (κ3) is 2.39. The second kappa shape index (κ2) is 4.77. The zero-order valence-corrected chi connectivity index (χ0v) is 9.28. The molecule has 1 aromatic rings. The Morgan fingerprint density at radius 1 is 1.33 bits per heavy atom. The lowest BCUT2D eigenvalue weighted by Gasteiger charge is -2.31.